The van der Waals surface area contributed by atoms with Gasteiger partial charge in [0.15, 0.2) is 0 Å². The lowest BCUT2D eigenvalue weighted by Gasteiger charge is -2.14. The van der Waals surface area contributed by atoms with Crippen LogP contribution in [0.1, 0.15) is 22.8 Å². The first-order chi connectivity index (χ1) is 8.65. The van der Waals surface area contributed by atoms with Gasteiger partial charge in [0.25, 0.3) is 0 Å². The van der Waals surface area contributed by atoms with Crippen LogP contribution in [-0.4, -0.2) is 5.11 Å². The number of aliphatic hydroxyl groups is 1. The van der Waals surface area contributed by atoms with E-state index in [9.17, 15) is 9.50 Å². The van der Waals surface area contributed by atoms with Gasteiger partial charge in [0, 0.05) is 10.6 Å². The van der Waals surface area contributed by atoms with Crippen LogP contribution in [0.4, 0.5) is 4.39 Å². The summed E-state index contributed by atoms with van der Waals surface area (Å²) in [5.41, 5.74) is 0.319. The molecule has 0 aliphatic heterocycles. The van der Waals surface area contributed by atoms with Crippen molar-refractivity contribution < 1.29 is 9.50 Å². The molecule has 1 unspecified atom stereocenters. The highest BCUT2D eigenvalue weighted by molar-refractivity contribution is 6.31. The molecule has 1 atom stereocenters. The van der Waals surface area contributed by atoms with Gasteiger partial charge in [-0.1, -0.05) is 41.9 Å². The van der Waals surface area contributed by atoms with Crippen LogP contribution in [0.5, 0.6) is 0 Å². The number of benzene rings is 2. The lowest BCUT2D eigenvalue weighted by Crippen LogP contribution is -2.05. The van der Waals surface area contributed by atoms with E-state index in [2.05, 4.69) is 0 Å². The molecule has 0 bridgehead atoms. The third-order valence-corrected chi connectivity index (χ3v) is 2.97. The second-order valence-corrected chi connectivity index (χ2v) is 4.15. The van der Waals surface area contributed by atoms with Gasteiger partial charge < -0.3 is 5.11 Å². The zero-order valence-electron chi connectivity index (χ0n) is 9.27. The van der Waals surface area contributed by atoms with E-state index in [-0.39, 0.29) is 16.1 Å². The first-order valence-corrected chi connectivity index (χ1v) is 5.64. The number of aliphatic hydroxyl groups excluding tert-OH is 1. The van der Waals surface area contributed by atoms with Gasteiger partial charge in [-0.3, -0.25) is 0 Å². The van der Waals surface area contributed by atoms with Crippen LogP contribution in [0, 0.1) is 17.1 Å². The van der Waals surface area contributed by atoms with Crippen molar-refractivity contribution in [2.24, 2.45) is 0 Å². The van der Waals surface area contributed by atoms with Gasteiger partial charge in [-0.2, -0.15) is 5.26 Å². The van der Waals surface area contributed by atoms with Crippen molar-refractivity contribution in [1.82, 2.24) is 0 Å². The molecular weight excluding hydrogens is 253 g/mol. The molecule has 2 aromatic carbocycles. The molecule has 0 fully saturated rings. The fourth-order valence-corrected chi connectivity index (χ4v) is 1.96. The smallest absolute Gasteiger partial charge is 0.148 e. The SMILES string of the molecule is N#Cc1ccc(Cl)c(C(O)c2ccccc2)c1F. The fourth-order valence-electron chi connectivity index (χ4n) is 1.71. The molecule has 2 aromatic rings. The Hall–Kier alpha value is -1.89. The Kier molecular flexibility index (Phi) is 3.61. The van der Waals surface area contributed by atoms with E-state index < -0.39 is 11.9 Å². The van der Waals surface area contributed by atoms with Crippen molar-refractivity contribution in [3.05, 3.63) is 70.0 Å². The van der Waals surface area contributed by atoms with Gasteiger partial charge in [0.1, 0.15) is 18.0 Å². The molecular formula is C14H9ClFNO. The number of hydrogen-bond donors (Lipinski definition) is 1. The van der Waals surface area contributed by atoms with Crippen LogP contribution in [0.2, 0.25) is 5.02 Å². The normalized spacial score (nSPS) is 11.9. The summed E-state index contributed by atoms with van der Waals surface area (Å²) in [7, 11) is 0. The monoisotopic (exact) mass is 261 g/mol. The number of nitriles is 1. The predicted molar refractivity (Wildman–Crippen MR) is 66.6 cm³/mol. The van der Waals surface area contributed by atoms with E-state index in [1.54, 1.807) is 36.4 Å². The molecule has 18 heavy (non-hydrogen) atoms. The van der Waals surface area contributed by atoms with Crippen molar-refractivity contribution in [2.45, 2.75) is 6.10 Å². The van der Waals surface area contributed by atoms with Gasteiger partial charge in [-0.25, -0.2) is 4.39 Å². The molecule has 90 valence electrons. The maximum atomic E-state index is 14.0. The number of hydrogen-bond acceptors (Lipinski definition) is 2. The highest BCUT2D eigenvalue weighted by Gasteiger charge is 2.20. The minimum Gasteiger partial charge on any atom is -0.383 e. The van der Waals surface area contributed by atoms with Crippen LogP contribution >= 0.6 is 11.6 Å². The second-order valence-electron chi connectivity index (χ2n) is 3.75. The third-order valence-electron chi connectivity index (χ3n) is 2.64. The summed E-state index contributed by atoms with van der Waals surface area (Å²) in [5, 5.41) is 19.0. The van der Waals surface area contributed by atoms with Crippen LogP contribution in [0.3, 0.4) is 0 Å². The summed E-state index contributed by atoms with van der Waals surface area (Å²) in [6.45, 7) is 0. The highest BCUT2D eigenvalue weighted by atomic mass is 35.5. The van der Waals surface area contributed by atoms with Crippen molar-refractivity contribution in [2.75, 3.05) is 0 Å². The van der Waals surface area contributed by atoms with Gasteiger partial charge in [-0.05, 0) is 17.7 Å². The molecule has 0 amide bonds. The first kappa shape index (κ1) is 12.6. The Morgan fingerprint density at radius 1 is 1.17 bits per heavy atom. The minimum absolute atomic E-state index is 0.0677. The van der Waals surface area contributed by atoms with E-state index in [1.165, 1.54) is 12.1 Å². The quantitative estimate of drug-likeness (QED) is 0.900. The topological polar surface area (TPSA) is 44.0 Å². The van der Waals surface area contributed by atoms with E-state index in [1.807, 2.05) is 0 Å². The van der Waals surface area contributed by atoms with E-state index in [0.29, 0.717) is 5.56 Å². The Balaban J connectivity index is 2.55. The van der Waals surface area contributed by atoms with Crippen LogP contribution < -0.4 is 0 Å². The lowest BCUT2D eigenvalue weighted by atomic mass is 9.99. The summed E-state index contributed by atoms with van der Waals surface area (Å²) < 4.78 is 14.0. The molecule has 0 saturated heterocycles. The van der Waals surface area contributed by atoms with E-state index in [4.69, 9.17) is 16.9 Å². The largest absolute Gasteiger partial charge is 0.383 e. The highest BCUT2D eigenvalue weighted by Crippen LogP contribution is 2.31. The average Bonchev–Trinajstić information content (AvgIpc) is 2.40. The summed E-state index contributed by atoms with van der Waals surface area (Å²) in [5.74, 6) is -0.777. The molecule has 4 heteroatoms. The lowest BCUT2D eigenvalue weighted by molar-refractivity contribution is 0.215. The van der Waals surface area contributed by atoms with Crippen LogP contribution in [0.25, 0.3) is 0 Å². The minimum atomic E-state index is -1.19. The molecule has 2 rings (SSSR count). The standard InChI is InChI=1S/C14H9ClFNO/c15-11-7-6-10(8-17)13(16)12(11)14(18)9-4-2-1-3-5-9/h1-7,14,18H. The second kappa shape index (κ2) is 5.18. The Morgan fingerprint density at radius 3 is 2.44 bits per heavy atom. The zero-order valence-corrected chi connectivity index (χ0v) is 10.0. The summed E-state index contributed by atoms with van der Waals surface area (Å²) in [4.78, 5) is 0. The van der Waals surface area contributed by atoms with E-state index >= 15 is 0 Å². The number of nitrogens with zero attached hydrogens (tertiary/aromatic N) is 1. The van der Waals surface area contributed by atoms with Crippen LogP contribution in [0.15, 0.2) is 42.5 Å². The zero-order chi connectivity index (χ0) is 13.1. The maximum absolute atomic E-state index is 14.0. The fraction of sp³-hybridized carbons (Fsp3) is 0.0714. The van der Waals surface area contributed by atoms with Crippen molar-refractivity contribution >= 4 is 11.6 Å². The number of halogens is 2. The summed E-state index contributed by atoms with van der Waals surface area (Å²) in [6.07, 6.45) is -1.19. The molecule has 0 radical (unpaired) electrons. The number of rotatable bonds is 2. The van der Waals surface area contributed by atoms with Crippen molar-refractivity contribution in [1.29, 1.82) is 5.26 Å². The molecule has 0 saturated carbocycles. The first-order valence-electron chi connectivity index (χ1n) is 5.26. The molecule has 0 aliphatic carbocycles. The molecule has 2 nitrogen and oxygen atoms in total. The molecule has 0 aliphatic rings. The Labute approximate surface area is 109 Å². The maximum Gasteiger partial charge on any atom is 0.148 e. The molecule has 0 aromatic heterocycles. The van der Waals surface area contributed by atoms with E-state index in [0.717, 1.165) is 0 Å². The van der Waals surface area contributed by atoms with Gasteiger partial charge in [-0.15, -0.1) is 0 Å². The predicted octanol–water partition coefficient (Wildman–Crippen LogP) is 3.43. The molecule has 1 N–H and O–H groups in total. The van der Waals surface area contributed by atoms with Gasteiger partial charge in [0.2, 0.25) is 0 Å². The van der Waals surface area contributed by atoms with Crippen molar-refractivity contribution in [3.63, 3.8) is 0 Å². The summed E-state index contributed by atoms with van der Waals surface area (Å²) in [6, 6.07) is 13.0. The Bertz CT molecular complexity index is 607. The third kappa shape index (κ3) is 2.21. The van der Waals surface area contributed by atoms with Gasteiger partial charge in [0.05, 0.1) is 5.56 Å². The Morgan fingerprint density at radius 2 is 1.83 bits per heavy atom. The van der Waals surface area contributed by atoms with Crippen LogP contribution in [-0.2, 0) is 0 Å². The molecule has 0 heterocycles. The van der Waals surface area contributed by atoms with Crippen molar-refractivity contribution in [3.8, 4) is 6.07 Å². The molecule has 0 spiro atoms. The summed E-state index contributed by atoms with van der Waals surface area (Å²) >= 11 is 5.89. The average molecular weight is 262 g/mol. The van der Waals surface area contributed by atoms with Gasteiger partial charge >= 0.3 is 0 Å².